The Morgan fingerprint density at radius 3 is 2.94 bits per heavy atom. The first-order valence-electron chi connectivity index (χ1n) is 6.56. The molecule has 1 heterocycles. The molecule has 1 aliphatic rings. The van der Waals surface area contributed by atoms with Gasteiger partial charge in [0.05, 0.1) is 0 Å². The lowest BCUT2D eigenvalue weighted by molar-refractivity contribution is 0.0946. The van der Waals surface area contributed by atoms with Gasteiger partial charge < -0.3 is 0 Å². The van der Waals surface area contributed by atoms with Crippen molar-refractivity contribution < 1.29 is 4.79 Å². The van der Waals surface area contributed by atoms with Crippen molar-refractivity contribution in [1.82, 2.24) is 15.6 Å². The lowest BCUT2D eigenvalue weighted by Gasteiger charge is -2.36. The van der Waals surface area contributed by atoms with Crippen LogP contribution in [0.5, 0.6) is 0 Å². The van der Waals surface area contributed by atoms with Crippen LogP contribution < -0.4 is 11.3 Å². The van der Waals surface area contributed by atoms with Crippen LogP contribution in [0.1, 0.15) is 55.4 Å². The van der Waals surface area contributed by atoms with Gasteiger partial charge in [0.2, 0.25) is 0 Å². The lowest BCUT2D eigenvalue weighted by Crippen LogP contribution is -2.33. The first kappa shape index (κ1) is 13.1. The molecule has 1 aromatic heterocycles. The van der Waals surface area contributed by atoms with E-state index < -0.39 is 0 Å². The molecule has 0 aromatic carbocycles. The van der Waals surface area contributed by atoms with E-state index >= 15 is 0 Å². The minimum absolute atomic E-state index is 0.297. The van der Waals surface area contributed by atoms with Crippen LogP contribution >= 0.6 is 0 Å². The van der Waals surface area contributed by atoms with Gasteiger partial charge in [0.25, 0.3) is 5.91 Å². The summed E-state index contributed by atoms with van der Waals surface area (Å²) in [6.45, 7) is 6.81. The molecule has 0 unspecified atom stereocenters. The number of H-pyrrole nitrogens is 1. The van der Waals surface area contributed by atoms with E-state index in [0.717, 1.165) is 36.9 Å². The summed E-state index contributed by atoms with van der Waals surface area (Å²) < 4.78 is 0. The molecule has 0 saturated carbocycles. The maximum atomic E-state index is 11.7. The number of nitrogens with zero attached hydrogens (tertiary/aromatic N) is 1. The first-order chi connectivity index (χ1) is 8.49. The van der Waals surface area contributed by atoms with E-state index in [2.05, 4.69) is 36.4 Å². The maximum Gasteiger partial charge on any atom is 0.285 e. The number of rotatable bonds is 3. The zero-order valence-corrected chi connectivity index (χ0v) is 11.3. The summed E-state index contributed by atoms with van der Waals surface area (Å²) in [6.07, 6.45) is 4.17. The highest BCUT2D eigenvalue weighted by molar-refractivity contribution is 5.93. The molecule has 1 aliphatic carbocycles. The minimum atomic E-state index is -0.303. The van der Waals surface area contributed by atoms with Gasteiger partial charge in [-0.15, -0.1) is 0 Å². The van der Waals surface area contributed by atoms with E-state index in [4.69, 9.17) is 5.84 Å². The average molecular weight is 250 g/mol. The van der Waals surface area contributed by atoms with Gasteiger partial charge in [-0.1, -0.05) is 27.2 Å². The number of hydrazine groups is 1. The van der Waals surface area contributed by atoms with Crippen molar-refractivity contribution in [3.63, 3.8) is 0 Å². The monoisotopic (exact) mass is 250 g/mol. The van der Waals surface area contributed by atoms with E-state index in [1.54, 1.807) is 0 Å². The van der Waals surface area contributed by atoms with Crippen molar-refractivity contribution in [1.29, 1.82) is 0 Å². The fraction of sp³-hybridized carbons (Fsp3) is 0.692. The van der Waals surface area contributed by atoms with Crippen molar-refractivity contribution in [3.05, 3.63) is 17.0 Å². The highest BCUT2D eigenvalue weighted by Gasteiger charge is 2.34. The molecular weight excluding hydrogens is 228 g/mol. The molecule has 100 valence electrons. The zero-order valence-electron chi connectivity index (χ0n) is 11.3. The highest BCUT2D eigenvalue weighted by Crippen LogP contribution is 2.39. The Morgan fingerprint density at radius 1 is 1.61 bits per heavy atom. The molecule has 1 aromatic rings. The Labute approximate surface area is 107 Å². The molecule has 18 heavy (non-hydrogen) atoms. The lowest BCUT2D eigenvalue weighted by atomic mass is 9.69. The molecule has 5 heteroatoms. The van der Waals surface area contributed by atoms with Crippen LogP contribution in [-0.2, 0) is 12.8 Å². The molecule has 0 radical (unpaired) electrons. The number of amides is 1. The van der Waals surface area contributed by atoms with E-state index in [1.807, 2.05) is 0 Å². The Hall–Kier alpha value is -1.36. The van der Waals surface area contributed by atoms with Crippen LogP contribution in [0.15, 0.2) is 0 Å². The van der Waals surface area contributed by atoms with Crippen LogP contribution in [0, 0.1) is 11.3 Å². The molecule has 5 nitrogen and oxygen atoms in total. The summed E-state index contributed by atoms with van der Waals surface area (Å²) >= 11 is 0. The average Bonchev–Trinajstić information content (AvgIpc) is 2.80. The molecular formula is C13H22N4O. The standard InChI is InChI=1S/C13H22N4O/c1-4-13(2,3)8-5-6-10-9(7-8)11(17-16-10)12(18)15-14/h8H,4-7,14H2,1-3H3,(H,15,18)(H,16,17)/t8-/m1/s1. The number of aromatic amines is 1. The van der Waals surface area contributed by atoms with Crippen molar-refractivity contribution in [3.8, 4) is 0 Å². The smallest absolute Gasteiger partial charge is 0.285 e. The van der Waals surface area contributed by atoms with Crippen molar-refractivity contribution in [2.24, 2.45) is 17.2 Å². The summed E-state index contributed by atoms with van der Waals surface area (Å²) in [5.74, 6) is 5.48. The third-order valence-corrected chi connectivity index (χ3v) is 4.51. The summed E-state index contributed by atoms with van der Waals surface area (Å²) in [5.41, 5.74) is 5.07. The van der Waals surface area contributed by atoms with Gasteiger partial charge >= 0.3 is 0 Å². The fourth-order valence-corrected chi connectivity index (χ4v) is 2.71. The summed E-state index contributed by atoms with van der Waals surface area (Å²) in [7, 11) is 0. The van der Waals surface area contributed by atoms with Gasteiger partial charge in [0.15, 0.2) is 5.69 Å². The molecule has 0 spiro atoms. The van der Waals surface area contributed by atoms with Crippen LogP contribution in [-0.4, -0.2) is 16.1 Å². The molecule has 0 saturated heterocycles. The zero-order chi connectivity index (χ0) is 13.3. The number of hydrogen-bond acceptors (Lipinski definition) is 3. The maximum absolute atomic E-state index is 11.7. The van der Waals surface area contributed by atoms with Gasteiger partial charge in [-0.3, -0.25) is 15.3 Å². The predicted molar refractivity (Wildman–Crippen MR) is 69.8 cm³/mol. The van der Waals surface area contributed by atoms with E-state index in [9.17, 15) is 4.79 Å². The summed E-state index contributed by atoms with van der Waals surface area (Å²) in [4.78, 5) is 11.7. The summed E-state index contributed by atoms with van der Waals surface area (Å²) in [6, 6.07) is 0. The number of fused-ring (bicyclic) bond motifs is 1. The van der Waals surface area contributed by atoms with Crippen LogP contribution in [0.2, 0.25) is 0 Å². The Morgan fingerprint density at radius 2 is 2.33 bits per heavy atom. The number of nitrogens with one attached hydrogen (secondary N) is 2. The SMILES string of the molecule is CCC(C)(C)[C@@H]1CCc2[nH]nc(C(=O)NN)c2C1. The van der Waals surface area contributed by atoms with Gasteiger partial charge in [-0.25, -0.2) is 5.84 Å². The molecule has 1 atom stereocenters. The minimum Gasteiger partial charge on any atom is -0.289 e. The third kappa shape index (κ3) is 2.14. The number of hydrogen-bond donors (Lipinski definition) is 3. The van der Waals surface area contributed by atoms with Gasteiger partial charge in [-0.05, 0) is 30.6 Å². The quantitative estimate of drug-likeness (QED) is 0.432. The summed E-state index contributed by atoms with van der Waals surface area (Å²) in [5, 5.41) is 7.06. The largest absolute Gasteiger partial charge is 0.289 e. The van der Waals surface area contributed by atoms with E-state index in [1.165, 1.54) is 0 Å². The van der Waals surface area contributed by atoms with E-state index in [0.29, 0.717) is 17.0 Å². The van der Waals surface area contributed by atoms with Gasteiger partial charge in [-0.2, -0.15) is 5.10 Å². The van der Waals surface area contributed by atoms with E-state index in [-0.39, 0.29) is 5.91 Å². The van der Waals surface area contributed by atoms with Gasteiger partial charge in [0.1, 0.15) is 0 Å². The number of nitrogens with two attached hydrogens (primary N) is 1. The van der Waals surface area contributed by atoms with Gasteiger partial charge in [0, 0.05) is 11.3 Å². The number of carbonyl (C=O) groups excluding carboxylic acids is 1. The normalized spacial score (nSPS) is 19.4. The molecule has 1 amide bonds. The second kappa shape index (κ2) is 4.72. The molecule has 4 N–H and O–H groups in total. The predicted octanol–water partition coefficient (Wildman–Crippen LogP) is 1.55. The third-order valence-electron chi connectivity index (χ3n) is 4.51. The van der Waals surface area contributed by atoms with Crippen molar-refractivity contribution >= 4 is 5.91 Å². The molecule has 2 rings (SSSR count). The fourth-order valence-electron chi connectivity index (χ4n) is 2.71. The number of carbonyl (C=O) groups is 1. The van der Waals surface area contributed by atoms with Crippen LogP contribution in [0.25, 0.3) is 0 Å². The number of aromatic nitrogens is 2. The Bertz CT molecular complexity index is 450. The topological polar surface area (TPSA) is 83.8 Å². The first-order valence-corrected chi connectivity index (χ1v) is 6.56. The second-order valence-electron chi connectivity index (χ2n) is 5.78. The number of aryl methyl sites for hydroxylation is 1. The van der Waals surface area contributed by atoms with Crippen molar-refractivity contribution in [2.75, 3.05) is 0 Å². The molecule has 0 fully saturated rings. The Balaban J connectivity index is 2.27. The molecule has 0 bridgehead atoms. The molecule has 0 aliphatic heterocycles. The number of nitrogen functional groups attached to an aromatic ring is 1. The van der Waals surface area contributed by atoms with Crippen molar-refractivity contribution in [2.45, 2.75) is 46.5 Å². The van der Waals surface area contributed by atoms with Crippen LogP contribution in [0.4, 0.5) is 0 Å². The Kier molecular flexibility index (Phi) is 3.43. The second-order valence-corrected chi connectivity index (χ2v) is 5.78. The highest BCUT2D eigenvalue weighted by atomic mass is 16.2. The van der Waals surface area contributed by atoms with Crippen LogP contribution in [0.3, 0.4) is 0 Å².